The van der Waals surface area contributed by atoms with Gasteiger partial charge in [-0.05, 0) is 13.0 Å². The minimum atomic E-state index is 0.630. The Labute approximate surface area is 79.4 Å². The largest absolute Gasteiger partial charge is 0.317 e. The molecule has 4 heteroatoms. The van der Waals surface area contributed by atoms with Crippen molar-refractivity contribution < 1.29 is 0 Å². The number of hydrogen-bond donors (Lipinski definition) is 1. The lowest BCUT2D eigenvalue weighted by molar-refractivity contribution is 0.593. The van der Waals surface area contributed by atoms with Gasteiger partial charge < -0.3 is 9.88 Å². The highest BCUT2D eigenvalue weighted by atomic mass is 15.3. The zero-order valence-electron chi connectivity index (χ0n) is 8.83. The molecule has 0 amide bonds. The highest BCUT2D eigenvalue weighted by molar-refractivity contribution is 4.95. The van der Waals surface area contributed by atoms with Crippen LogP contribution in [0.3, 0.4) is 0 Å². The molecule has 0 fully saturated rings. The summed E-state index contributed by atoms with van der Waals surface area (Å²) in [4.78, 5) is 0. The maximum atomic E-state index is 4.15. The quantitative estimate of drug-likeness (QED) is 0.746. The second-order valence-electron chi connectivity index (χ2n) is 3.72. The Morgan fingerprint density at radius 3 is 2.46 bits per heavy atom. The highest BCUT2D eigenvalue weighted by Gasteiger charge is 2.08. The fraction of sp³-hybridized carbons (Fsp3) is 0.778. The Bertz CT molecular complexity index is 265. The number of nitrogens with zero attached hydrogens (tertiary/aromatic N) is 3. The molecular weight excluding hydrogens is 164 g/mol. The second-order valence-corrected chi connectivity index (χ2v) is 3.72. The molecule has 0 spiro atoms. The van der Waals surface area contributed by atoms with Gasteiger partial charge in [0.15, 0.2) is 0 Å². The summed E-state index contributed by atoms with van der Waals surface area (Å²) in [5.41, 5.74) is 0. The third-order valence-corrected chi connectivity index (χ3v) is 1.98. The molecule has 0 atom stereocenters. The SMILES string of the molecule is CNCc1nnc(CC(C)C)n1C. The van der Waals surface area contributed by atoms with Crippen LogP contribution in [0.25, 0.3) is 0 Å². The fourth-order valence-electron chi connectivity index (χ4n) is 1.25. The molecule has 0 saturated carbocycles. The fourth-order valence-corrected chi connectivity index (χ4v) is 1.25. The third kappa shape index (κ3) is 2.52. The monoisotopic (exact) mass is 182 g/mol. The van der Waals surface area contributed by atoms with Crippen LogP contribution < -0.4 is 5.32 Å². The first kappa shape index (κ1) is 10.2. The molecule has 1 N–H and O–H groups in total. The third-order valence-electron chi connectivity index (χ3n) is 1.98. The van der Waals surface area contributed by atoms with Crippen molar-refractivity contribution in [1.82, 2.24) is 20.1 Å². The van der Waals surface area contributed by atoms with Crippen molar-refractivity contribution in [2.45, 2.75) is 26.8 Å². The number of nitrogens with one attached hydrogen (secondary N) is 1. The summed E-state index contributed by atoms with van der Waals surface area (Å²) in [5.74, 6) is 2.70. The molecule has 4 nitrogen and oxygen atoms in total. The van der Waals surface area contributed by atoms with Crippen LogP contribution in [0.5, 0.6) is 0 Å². The summed E-state index contributed by atoms with van der Waals surface area (Å²) in [5, 5.41) is 11.3. The molecule has 74 valence electrons. The Balaban J connectivity index is 2.74. The minimum absolute atomic E-state index is 0.630. The molecule has 1 heterocycles. The number of hydrogen-bond acceptors (Lipinski definition) is 3. The van der Waals surface area contributed by atoms with Crippen molar-refractivity contribution in [1.29, 1.82) is 0 Å². The van der Waals surface area contributed by atoms with E-state index in [9.17, 15) is 0 Å². The minimum Gasteiger partial charge on any atom is -0.317 e. The lowest BCUT2D eigenvalue weighted by Crippen LogP contribution is -2.12. The van der Waals surface area contributed by atoms with Crippen LogP contribution in [0.1, 0.15) is 25.5 Å². The summed E-state index contributed by atoms with van der Waals surface area (Å²) in [6.07, 6.45) is 0.993. The lowest BCUT2D eigenvalue weighted by atomic mass is 10.1. The van der Waals surface area contributed by atoms with Gasteiger partial charge in [0.2, 0.25) is 0 Å². The molecule has 0 unspecified atom stereocenters. The van der Waals surface area contributed by atoms with Crippen molar-refractivity contribution in [3.05, 3.63) is 11.6 Å². The summed E-state index contributed by atoms with van der Waals surface area (Å²) in [6.45, 7) is 5.15. The molecule has 0 aliphatic rings. The molecule has 0 aromatic carbocycles. The van der Waals surface area contributed by atoms with E-state index in [4.69, 9.17) is 0 Å². The smallest absolute Gasteiger partial charge is 0.146 e. The van der Waals surface area contributed by atoms with Crippen LogP contribution in [0.4, 0.5) is 0 Å². The normalized spacial score (nSPS) is 11.2. The van der Waals surface area contributed by atoms with Crippen molar-refractivity contribution in [2.24, 2.45) is 13.0 Å². The van der Waals surface area contributed by atoms with Crippen LogP contribution in [-0.2, 0) is 20.0 Å². The van der Waals surface area contributed by atoms with E-state index in [0.717, 1.165) is 24.6 Å². The molecule has 1 rings (SSSR count). The summed E-state index contributed by atoms with van der Waals surface area (Å²) >= 11 is 0. The van der Waals surface area contributed by atoms with Crippen LogP contribution >= 0.6 is 0 Å². The van der Waals surface area contributed by atoms with Crippen LogP contribution in [0.15, 0.2) is 0 Å². The molecule has 1 aromatic heterocycles. The number of aromatic nitrogens is 3. The van der Waals surface area contributed by atoms with E-state index in [1.54, 1.807) is 0 Å². The van der Waals surface area contributed by atoms with Crippen LogP contribution in [-0.4, -0.2) is 21.8 Å². The molecule has 0 bridgehead atoms. The van der Waals surface area contributed by atoms with E-state index in [1.807, 2.05) is 14.1 Å². The first-order valence-electron chi connectivity index (χ1n) is 4.67. The Morgan fingerprint density at radius 1 is 1.31 bits per heavy atom. The van der Waals surface area contributed by atoms with Gasteiger partial charge in [-0.25, -0.2) is 0 Å². The number of rotatable bonds is 4. The predicted octanol–water partition coefficient (Wildman–Crippen LogP) is 0.733. The molecule has 13 heavy (non-hydrogen) atoms. The van der Waals surface area contributed by atoms with E-state index < -0.39 is 0 Å². The average molecular weight is 182 g/mol. The van der Waals surface area contributed by atoms with E-state index in [1.165, 1.54) is 0 Å². The van der Waals surface area contributed by atoms with Gasteiger partial charge in [0.1, 0.15) is 11.6 Å². The van der Waals surface area contributed by atoms with E-state index in [0.29, 0.717) is 5.92 Å². The topological polar surface area (TPSA) is 42.7 Å². The van der Waals surface area contributed by atoms with E-state index >= 15 is 0 Å². The molecule has 0 aliphatic carbocycles. The molecule has 0 aliphatic heterocycles. The zero-order chi connectivity index (χ0) is 9.84. The first-order chi connectivity index (χ1) is 6.15. The van der Waals surface area contributed by atoms with Crippen molar-refractivity contribution in [3.63, 3.8) is 0 Å². The van der Waals surface area contributed by atoms with Crippen molar-refractivity contribution >= 4 is 0 Å². The van der Waals surface area contributed by atoms with Gasteiger partial charge in [-0.15, -0.1) is 10.2 Å². The van der Waals surface area contributed by atoms with E-state index in [2.05, 4.69) is 33.9 Å². The molecule has 0 radical (unpaired) electrons. The second kappa shape index (κ2) is 4.37. The summed E-state index contributed by atoms with van der Waals surface area (Å²) in [6, 6.07) is 0. The molecule has 1 aromatic rings. The predicted molar refractivity (Wildman–Crippen MR) is 52.3 cm³/mol. The van der Waals surface area contributed by atoms with Gasteiger partial charge >= 0.3 is 0 Å². The average Bonchev–Trinajstić information content (AvgIpc) is 2.36. The van der Waals surface area contributed by atoms with Crippen LogP contribution in [0.2, 0.25) is 0 Å². The van der Waals surface area contributed by atoms with Gasteiger partial charge in [0, 0.05) is 13.5 Å². The van der Waals surface area contributed by atoms with Crippen molar-refractivity contribution in [3.8, 4) is 0 Å². The Hall–Kier alpha value is -0.900. The van der Waals surface area contributed by atoms with Crippen LogP contribution in [0, 0.1) is 5.92 Å². The maximum absolute atomic E-state index is 4.15. The van der Waals surface area contributed by atoms with Gasteiger partial charge in [-0.1, -0.05) is 13.8 Å². The Morgan fingerprint density at radius 2 is 1.92 bits per heavy atom. The highest BCUT2D eigenvalue weighted by Crippen LogP contribution is 2.05. The standard InChI is InChI=1S/C9H18N4/c1-7(2)5-8-11-12-9(6-10-3)13(8)4/h7,10H,5-6H2,1-4H3. The lowest BCUT2D eigenvalue weighted by Gasteiger charge is -2.05. The summed E-state index contributed by atoms with van der Waals surface area (Å²) in [7, 11) is 3.93. The first-order valence-corrected chi connectivity index (χ1v) is 4.67. The Kier molecular flexibility index (Phi) is 3.42. The summed E-state index contributed by atoms with van der Waals surface area (Å²) < 4.78 is 2.07. The van der Waals surface area contributed by atoms with Gasteiger partial charge in [0.25, 0.3) is 0 Å². The van der Waals surface area contributed by atoms with Crippen molar-refractivity contribution in [2.75, 3.05) is 7.05 Å². The van der Waals surface area contributed by atoms with Gasteiger partial charge in [0.05, 0.1) is 6.54 Å². The maximum Gasteiger partial charge on any atom is 0.146 e. The molecular formula is C9H18N4. The molecule has 0 saturated heterocycles. The van der Waals surface area contributed by atoms with Gasteiger partial charge in [-0.3, -0.25) is 0 Å². The van der Waals surface area contributed by atoms with E-state index in [-0.39, 0.29) is 0 Å². The zero-order valence-corrected chi connectivity index (χ0v) is 8.83. The van der Waals surface area contributed by atoms with Gasteiger partial charge in [-0.2, -0.15) is 0 Å².